The number of halogens is 7. The molecular weight excluding hydrogens is 738 g/mol. The molecule has 0 radical (unpaired) electrons. The van der Waals surface area contributed by atoms with Gasteiger partial charge in [-0.2, -0.15) is 38.7 Å². The fourth-order valence-corrected chi connectivity index (χ4v) is 4.76. The molecule has 0 aliphatic carbocycles. The minimum absolute atomic E-state index is 0.0151. The standard InChI is InChI=1S/C34H19Cl2F5N6O5/c1-14-4-8-16(9-5-14)28-42-31(35)46-33(44-28)50-19-12-18(30(48)49-3)13-20(26(19)52-27-24(40)22(38)21(37)23(39)25(27)41)51-34-45-29(43-32(36)47-34)17-10-6-15(2)7-11-17/h4-13H,1-3H3. The molecule has 0 aliphatic rings. The fourth-order valence-electron chi connectivity index (χ4n) is 4.46. The number of esters is 1. The van der Waals surface area contributed by atoms with Gasteiger partial charge in [0.1, 0.15) is 0 Å². The van der Waals surface area contributed by atoms with Crippen molar-refractivity contribution in [3.05, 3.63) is 117 Å². The van der Waals surface area contributed by atoms with E-state index in [0.717, 1.165) is 30.4 Å². The van der Waals surface area contributed by atoms with Gasteiger partial charge in [0.2, 0.25) is 51.2 Å². The average Bonchev–Trinajstić information content (AvgIpc) is 3.12. The van der Waals surface area contributed by atoms with Crippen molar-refractivity contribution in [3.8, 4) is 57.8 Å². The monoisotopic (exact) mass is 756 g/mol. The summed E-state index contributed by atoms with van der Waals surface area (Å²) in [5.41, 5.74) is 2.46. The number of hydrogen-bond donors (Lipinski definition) is 0. The lowest BCUT2D eigenvalue weighted by atomic mass is 10.1. The Morgan fingerprint density at radius 3 is 1.37 bits per heavy atom. The maximum Gasteiger partial charge on any atom is 0.338 e. The lowest BCUT2D eigenvalue weighted by molar-refractivity contribution is 0.0599. The Kier molecular flexibility index (Phi) is 10.1. The molecule has 2 aromatic heterocycles. The number of carbonyl (C=O) groups is 1. The second kappa shape index (κ2) is 14.7. The molecule has 0 saturated heterocycles. The molecule has 0 fully saturated rings. The van der Waals surface area contributed by atoms with Crippen LogP contribution in [0.3, 0.4) is 0 Å². The summed E-state index contributed by atoms with van der Waals surface area (Å²) in [5, 5.41) is -0.737. The van der Waals surface area contributed by atoms with E-state index in [1.165, 1.54) is 0 Å². The van der Waals surface area contributed by atoms with Crippen LogP contribution < -0.4 is 14.2 Å². The van der Waals surface area contributed by atoms with Crippen molar-refractivity contribution in [1.29, 1.82) is 0 Å². The minimum atomic E-state index is -2.44. The molecule has 52 heavy (non-hydrogen) atoms. The van der Waals surface area contributed by atoms with Crippen LogP contribution in [0.15, 0.2) is 60.7 Å². The summed E-state index contributed by atoms with van der Waals surface area (Å²) in [6.07, 6.45) is 0. The van der Waals surface area contributed by atoms with Crippen LogP contribution in [0.2, 0.25) is 10.6 Å². The van der Waals surface area contributed by atoms with E-state index in [9.17, 15) is 18.0 Å². The Morgan fingerprint density at radius 1 is 0.558 bits per heavy atom. The summed E-state index contributed by atoms with van der Waals surface area (Å²) < 4.78 is 94.4. The van der Waals surface area contributed by atoms with Crippen molar-refractivity contribution in [3.63, 3.8) is 0 Å². The van der Waals surface area contributed by atoms with Gasteiger partial charge in [-0.1, -0.05) is 59.7 Å². The van der Waals surface area contributed by atoms with E-state index in [1.807, 2.05) is 13.8 Å². The van der Waals surface area contributed by atoms with Crippen LogP contribution in [0.1, 0.15) is 21.5 Å². The smallest absolute Gasteiger partial charge is 0.338 e. The second-order valence-corrected chi connectivity index (χ2v) is 11.3. The Hall–Kier alpha value is -6.00. The molecule has 4 aromatic carbocycles. The van der Waals surface area contributed by atoms with E-state index in [0.29, 0.717) is 11.1 Å². The zero-order valence-electron chi connectivity index (χ0n) is 26.6. The highest BCUT2D eigenvalue weighted by Crippen LogP contribution is 2.46. The van der Waals surface area contributed by atoms with Gasteiger partial charge in [-0.25, -0.2) is 18.0 Å². The molecule has 11 nitrogen and oxygen atoms in total. The highest BCUT2D eigenvalue weighted by Gasteiger charge is 2.31. The van der Waals surface area contributed by atoms with Gasteiger partial charge < -0.3 is 18.9 Å². The summed E-state index contributed by atoms with van der Waals surface area (Å²) >= 11 is 12.3. The third-order valence-corrected chi connectivity index (χ3v) is 7.35. The molecule has 18 heteroatoms. The van der Waals surface area contributed by atoms with Crippen molar-refractivity contribution in [1.82, 2.24) is 29.9 Å². The van der Waals surface area contributed by atoms with Crippen LogP contribution in [0.5, 0.6) is 35.0 Å². The highest BCUT2D eigenvalue weighted by atomic mass is 35.5. The molecule has 0 amide bonds. The molecule has 6 rings (SSSR count). The predicted molar refractivity (Wildman–Crippen MR) is 174 cm³/mol. The summed E-state index contributed by atoms with van der Waals surface area (Å²) in [6, 6.07) is 14.5. The number of benzene rings is 4. The Balaban J connectivity index is 1.55. The average molecular weight is 757 g/mol. The highest BCUT2D eigenvalue weighted by molar-refractivity contribution is 6.28. The van der Waals surface area contributed by atoms with Crippen LogP contribution in [-0.2, 0) is 4.74 Å². The van der Waals surface area contributed by atoms with Crippen molar-refractivity contribution < 1.29 is 45.7 Å². The zero-order chi connectivity index (χ0) is 37.3. The molecule has 2 heterocycles. The first-order valence-corrected chi connectivity index (χ1v) is 15.4. The van der Waals surface area contributed by atoms with Gasteiger partial charge >= 0.3 is 18.0 Å². The van der Waals surface area contributed by atoms with E-state index in [-0.39, 0.29) is 27.8 Å². The first kappa shape index (κ1) is 35.8. The number of aryl methyl sites for hydroxylation is 2. The van der Waals surface area contributed by atoms with Crippen LogP contribution in [-0.4, -0.2) is 43.0 Å². The molecular formula is C34H19Cl2F5N6O5. The molecule has 6 aromatic rings. The number of carbonyl (C=O) groups excluding carboxylic acids is 1. The van der Waals surface area contributed by atoms with E-state index >= 15 is 8.78 Å². The predicted octanol–water partition coefficient (Wildman–Crippen LogP) is 9.17. The minimum Gasteiger partial charge on any atom is -0.465 e. The van der Waals surface area contributed by atoms with Gasteiger partial charge in [0.25, 0.3) is 0 Å². The molecule has 0 spiro atoms. The van der Waals surface area contributed by atoms with E-state index in [2.05, 4.69) is 29.9 Å². The second-order valence-electron chi connectivity index (χ2n) is 10.7. The van der Waals surface area contributed by atoms with Gasteiger partial charge in [0, 0.05) is 11.1 Å². The molecule has 0 bridgehead atoms. The quantitative estimate of drug-likeness (QED) is 0.0606. The van der Waals surface area contributed by atoms with Crippen molar-refractivity contribution >= 4 is 29.2 Å². The van der Waals surface area contributed by atoms with E-state index in [1.54, 1.807) is 48.5 Å². The zero-order valence-corrected chi connectivity index (χ0v) is 28.2. The van der Waals surface area contributed by atoms with Crippen LogP contribution >= 0.6 is 23.2 Å². The molecule has 0 unspecified atom stereocenters. The third kappa shape index (κ3) is 7.52. The Morgan fingerprint density at radius 2 is 0.962 bits per heavy atom. The lowest BCUT2D eigenvalue weighted by Gasteiger charge is -2.18. The lowest BCUT2D eigenvalue weighted by Crippen LogP contribution is -2.08. The van der Waals surface area contributed by atoms with E-state index < -0.39 is 70.1 Å². The first-order chi connectivity index (χ1) is 24.8. The molecule has 0 saturated carbocycles. The third-order valence-electron chi connectivity index (χ3n) is 7.01. The number of rotatable bonds is 9. The summed E-state index contributed by atoms with van der Waals surface area (Å²) in [7, 11) is 1.04. The number of methoxy groups -OCH3 is 1. The summed E-state index contributed by atoms with van der Waals surface area (Å²) in [6.45, 7) is 3.71. The normalized spacial score (nSPS) is 11.0. The molecule has 0 aliphatic heterocycles. The van der Waals surface area contributed by atoms with E-state index in [4.69, 9.17) is 42.1 Å². The topological polar surface area (TPSA) is 131 Å². The number of nitrogens with zero attached hydrogens (tertiary/aromatic N) is 6. The number of ether oxygens (including phenoxy) is 4. The van der Waals surface area contributed by atoms with Crippen LogP contribution in [0.25, 0.3) is 22.8 Å². The SMILES string of the molecule is COC(=O)c1cc(Oc2nc(Cl)nc(-c3ccc(C)cc3)n2)c(Oc2c(F)c(F)c(F)c(F)c2F)c(Oc2nc(Cl)nc(-c3ccc(C)cc3)n2)c1. The van der Waals surface area contributed by atoms with Crippen molar-refractivity contribution in [2.45, 2.75) is 13.8 Å². The van der Waals surface area contributed by atoms with Crippen molar-refractivity contribution in [2.24, 2.45) is 0 Å². The summed E-state index contributed by atoms with van der Waals surface area (Å²) in [4.78, 5) is 37.2. The summed E-state index contributed by atoms with van der Waals surface area (Å²) in [5.74, 6) is -16.7. The number of hydrogen-bond acceptors (Lipinski definition) is 11. The first-order valence-electron chi connectivity index (χ1n) is 14.6. The molecule has 0 atom stereocenters. The maximum absolute atomic E-state index is 15.0. The Bertz CT molecular complexity index is 2210. The van der Waals surface area contributed by atoms with Gasteiger partial charge in [0.05, 0.1) is 12.7 Å². The molecule has 0 N–H and O–H groups in total. The fraction of sp³-hybridized carbons (Fsp3) is 0.0882. The number of aromatic nitrogens is 6. The van der Waals surface area contributed by atoms with Gasteiger partial charge in [-0.15, -0.1) is 0 Å². The van der Waals surface area contributed by atoms with Gasteiger partial charge in [0.15, 0.2) is 23.1 Å². The van der Waals surface area contributed by atoms with Crippen LogP contribution in [0.4, 0.5) is 22.0 Å². The van der Waals surface area contributed by atoms with Gasteiger partial charge in [-0.3, -0.25) is 0 Å². The van der Waals surface area contributed by atoms with Crippen LogP contribution in [0, 0.1) is 42.9 Å². The largest absolute Gasteiger partial charge is 0.465 e. The Labute approximate surface area is 300 Å². The molecule has 264 valence electrons. The maximum atomic E-state index is 15.0. The van der Waals surface area contributed by atoms with Gasteiger partial charge in [-0.05, 0) is 49.2 Å². The van der Waals surface area contributed by atoms with Crippen molar-refractivity contribution in [2.75, 3.05) is 7.11 Å².